The SMILES string of the molecule is C=CCOC(=O)C(O[C]=O)C(C)C. The van der Waals surface area contributed by atoms with Gasteiger partial charge >= 0.3 is 12.4 Å². The van der Waals surface area contributed by atoms with Crippen molar-refractivity contribution < 1.29 is 19.1 Å². The second kappa shape index (κ2) is 6.22. The Balaban J connectivity index is 4.10. The first-order valence-corrected chi connectivity index (χ1v) is 3.93. The maximum Gasteiger partial charge on any atom is 0.418 e. The van der Waals surface area contributed by atoms with E-state index in [9.17, 15) is 9.59 Å². The fourth-order valence-corrected chi connectivity index (χ4v) is 0.731. The lowest BCUT2D eigenvalue weighted by molar-refractivity contribution is -0.153. The lowest BCUT2D eigenvalue weighted by atomic mass is 10.1. The van der Waals surface area contributed by atoms with Crippen LogP contribution in [0.3, 0.4) is 0 Å². The molecule has 13 heavy (non-hydrogen) atoms. The summed E-state index contributed by atoms with van der Waals surface area (Å²) in [4.78, 5) is 21.1. The predicted molar refractivity (Wildman–Crippen MR) is 46.6 cm³/mol. The van der Waals surface area contributed by atoms with Crippen molar-refractivity contribution in [2.45, 2.75) is 20.0 Å². The minimum atomic E-state index is -0.877. The van der Waals surface area contributed by atoms with Gasteiger partial charge in [-0.25, -0.2) is 9.59 Å². The van der Waals surface area contributed by atoms with Crippen molar-refractivity contribution in [3.8, 4) is 0 Å². The van der Waals surface area contributed by atoms with Crippen molar-refractivity contribution in [2.75, 3.05) is 6.61 Å². The molecule has 0 saturated heterocycles. The number of carbonyl (C=O) groups is 1. The molecule has 1 radical (unpaired) electrons. The van der Waals surface area contributed by atoms with E-state index in [-0.39, 0.29) is 12.5 Å². The molecule has 0 aromatic heterocycles. The molecule has 0 amide bonds. The van der Waals surface area contributed by atoms with E-state index in [2.05, 4.69) is 11.3 Å². The zero-order valence-electron chi connectivity index (χ0n) is 7.78. The third-order valence-corrected chi connectivity index (χ3v) is 1.36. The van der Waals surface area contributed by atoms with Crippen LogP contribution in [0.1, 0.15) is 13.8 Å². The third-order valence-electron chi connectivity index (χ3n) is 1.36. The van der Waals surface area contributed by atoms with Crippen LogP contribution in [0.2, 0.25) is 0 Å². The molecule has 1 unspecified atom stereocenters. The van der Waals surface area contributed by atoms with Crippen molar-refractivity contribution in [3.05, 3.63) is 12.7 Å². The minimum absolute atomic E-state index is 0.115. The molecule has 0 N–H and O–H groups in total. The highest BCUT2D eigenvalue weighted by molar-refractivity contribution is 5.76. The molecule has 1 atom stereocenters. The largest absolute Gasteiger partial charge is 0.459 e. The first-order valence-electron chi connectivity index (χ1n) is 3.93. The van der Waals surface area contributed by atoms with E-state index in [1.54, 1.807) is 13.8 Å². The molecule has 0 bridgehead atoms. The Kier molecular flexibility index (Phi) is 5.59. The van der Waals surface area contributed by atoms with Crippen molar-refractivity contribution >= 4 is 12.4 Å². The molecular formula is C9H13O4. The normalized spacial score (nSPS) is 11.9. The van der Waals surface area contributed by atoms with Crippen molar-refractivity contribution in [1.82, 2.24) is 0 Å². The van der Waals surface area contributed by atoms with Gasteiger partial charge in [-0.05, 0) is 0 Å². The number of hydrogen-bond acceptors (Lipinski definition) is 4. The Bertz CT molecular complexity index is 186. The molecule has 0 heterocycles. The molecular weight excluding hydrogens is 172 g/mol. The fraction of sp³-hybridized carbons (Fsp3) is 0.556. The Morgan fingerprint density at radius 1 is 1.62 bits per heavy atom. The number of esters is 1. The van der Waals surface area contributed by atoms with E-state index in [0.717, 1.165) is 0 Å². The summed E-state index contributed by atoms with van der Waals surface area (Å²) in [5.74, 6) is -0.697. The van der Waals surface area contributed by atoms with Crippen LogP contribution in [0.25, 0.3) is 0 Å². The highest BCUT2D eigenvalue weighted by Crippen LogP contribution is 2.07. The average molecular weight is 185 g/mol. The van der Waals surface area contributed by atoms with E-state index < -0.39 is 12.1 Å². The van der Waals surface area contributed by atoms with Crippen LogP contribution in [0.5, 0.6) is 0 Å². The summed E-state index contributed by atoms with van der Waals surface area (Å²) >= 11 is 0. The molecule has 0 aromatic rings. The summed E-state index contributed by atoms with van der Waals surface area (Å²) < 4.78 is 9.15. The van der Waals surface area contributed by atoms with Crippen molar-refractivity contribution in [1.29, 1.82) is 0 Å². The molecule has 0 aromatic carbocycles. The Morgan fingerprint density at radius 3 is 2.62 bits per heavy atom. The molecule has 0 aliphatic rings. The first-order chi connectivity index (χ1) is 6.13. The molecule has 4 heteroatoms. The number of carbonyl (C=O) groups excluding carboxylic acids is 2. The molecule has 0 fully saturated rings. The van der Waals surface area contributed by atoms with Gasteiger partial charge < -0.3 is 9.47 Å². The van der Waals surface area contributed by atoms with E-state index in [4.69, 9.17) is 4.74 Å². The van der Waals surface area contributed by atoms with E-state index in [1.807, 2.05) is 0 Å². The van der Waals surface area contributed by atoms with Gasteiger partial charge in [0.15, 0.2) is 0 Å². The second-order valence-corrected chi connectivity index (χ2v) is 2.78. The number of rotatable bonds is 6. The molecule has 0 aliphatic carbocycles. The lowest BCUT2D eigenvalue weighted by Crippen LogP contribution is -2.31. The molecule has 0 saturated carbocycles. The van der Waals surface area contributed by atoms with Gasteiger partial charge in [0, 0.05) is 5.92 Å². The van der Waals surface area contributed by atoms with Gasteiger partial charge in [0.2, 0.25) is 6.10 Å². The Labute approximate surface area is 77.5 Å². The van der Waals surface area contributed by atoms with Gasteiger partial charge in [0.1, 0.15) is 6.61 Å². The third kappa shape index (κ3) is 4.30. The topological polar surface area (TPSA) is 52.6 Å². The zero-order chi connectivity index (χ0) is 10.3. The summed E-state index contributed by atoms with van der Waals surface area (Å²) in [6, 6.07) is 0. The van der Waals surface area contributed by atoms with E-state index in [1.165, 1.54) is 12.5 Å². The van der Waals surface area contributed by atoms with Crippen LogP contribution in [0.4, 0.5) is 0 Å². The van der Waals surface area contributed by atoms with Gasteiger partial charge in [-0.15, -0.1) is 0 Å². The zero-order valence-corrected chi connectivity index (χ0v) is 7.78. The van der Waals surface area contributed by atoms with Gasteiger partial charge in [-0.3, -0.25) is 0 Å². The van der Waals surface area contributed by atoms with Gasteiger partial charge in [-0.1, -0.05) is 26.5 Å². The molecule has 0 rings (SSSR count). The Hall–Kier alpha value is -1.32. The second-order valence-electron chi connectivity index (χ2n) is 2.78. The average Bonchev–Trinajstić information content (AvgIpc) is 2.09. The summed E-state index contributed by atoms with van der Waals surface area (Å²) in [6.45, 7) is 8.23. The summed E-state index contributed by atoms with van der Waals surface area (Å²) in [6.07, 6.45) is 0.567. The Morgan fingerprint density at radius 2 is 2.23 bits per heavy atom. The maximum absolute atomic E-state index is 11.2. The van der Waals surface area contributed by atoms with Crippen LogP contribution >= 0.6 is 0 Å². The van der Waals surface area contributed by atoms with Crippen LogP contribution in [0.15, 0.2) is 12.7 Å². The number of hydrogen-bond donors (Lipinski definition) is 0. The maximum atomic E-state index is 11.2. The molecule has 0 spiro atoms. The summed E-state index contributed by atoms with van der Waals surface area (Å²) in [7, 11) is 0. The highest BCUT2D eigenvalue weighted by Gasteiger charge is 2.25. The molecule has 0 aliphatic heterocycles. The van der Waals surface area contributed by atoms with Crippen molar-refractivity contribution in [2.24, 2.45) is 5.92 Å². The fourth-order valence-electron chi connectivity index (χ4n) is 0.731. The summed E-state index contributed by atoms with van der Waals surface area (Å²) in [5, 5.41) is 0. The van der Waals surface area contributed by atoms with Crippen LogP contribution in [-0.4, -0.2) is 25.2 Å². The van der Waals surface area contributed by atoms with Crippen molar-refractivity contribution in [3.63, 3.8) is 0 Å². The van der Waals surface area contributed by atoms with E-state index >= 15 is 0 Å². The van der Waals surface area contributed by atoms with Gasteiger partial charge in [-0.2, -0.15) is 0 Å². The molecule has 73 valence electrons. The lowest BCUT2D eigenvalue weighted by Gasteiger charge is -2.15. The predicted octanol–water partition coefficient (Wildman–Crippen LogP) is 0.824. The summed E-state index contributed by atoms with van der Waals surface area (Å²) in [5.41, 5.74) is 0. The highest BCUT2D eigenvalue weighted by atomic mass is 16.6. The first kappa shape index (κ1) is 11.7. The van der Waals surface area contributed by atoms with E-state index in [0.29, 0.717) is 0 Å². The quantitative estimate of drug-likeness (QED) is 0.454. The number of ether oxygens (including phenoxy) is 2. The van der Waals surface area contributed by atoms with Crippen LogP contribution < -0.4 is 0 Å². The van der Waals surface area contributed by atoms with Crippen LogP contribution in [-0.2, 0) is 19.1 Å². The minimum Gasteiger partial charge on any atom is -0.459 e. The molecule has 4 nitrogen and oxygen atoms in total. The van der Waals surface area contributed by atoms with Gasteiger partial charge in [0.25, 0.3) is 0 Å². The van der Waals surface area contributed by atoms with Gasteiger partial charge in [0.05, 0.1) is 0 Å². The monoisotopic (exact) mass is 185 g/mol. The van der Waals surface area contributed by atoms with Crippen LogP contribution in [0, 0.1) is 5.92 Å². The standard InChI is InChI=1S/C9H13O4/c1-4-5-12-9(11)8(7(2)3)13-6-10/h4,7-8H,1,5H2,2-3H3. The smallest absolute Gasteiger partial charge is 0.418 e.